The van der Waals surface area contributed by atoms with E-state index in [0.29, 0.717) is 18.8 Å². The molecule has 0 saturated heterocycles. The molecule has 0 fully saturated rings. The fourth-order valence-corrected chi connectivity index (χ4v) is 4.89. The van der Waals surface area contributed by atoms with Crippen molar-refractivity contribution in [3.05, 3.63) is 93.8 Å². The van der Waals surface area contributed by atoms with Crippen LogP contribution in [-0.4, -0.2) is 47.5 Å². The van der Waals surface area contributed by atoms with Crippen LogP contribution in [0.15, 0.2) is 48.5 Å². The second kappa shape index (κ2) is 10.5. The molecule has 1 aliphatic rings. The normalized spacial score (nSPS) is 13.2. The Labute approximate surface area is 200 Å². The molecule has 0 atom stereocenters. The minimum atomic E-state index is -0.580. The summed E-state index contributed by atoms with van der Waals surface area (Å²) in [6.07, 6.45) is 3.78. The van der Waals surface area contributed by atoms with Gasteiger partial charge < -0.3 is 14.4 Å². The fourth-order valence-electron chi connectivity index (χ4n) is 4.89. The third-order valence-corrected chi connectivity index (χ3v) is 6.74. The zero-order valence-corrected chi connectivity index (χ0v) is 20.3. The van der Waals surface area contributed by atoms with Crippen molar-refractivity contribution in [3.8, 4) is 0 Å². The van der Waals surface area contributed by atoms with Crippen LogP contribution in [0.2, 0.25) is 0 Å². The lowest BCUT2D eigenvalue weighted by Gasteiger charge is -2.26. The van der Waals surface area contributed by atoms with Gasteiger partial charge >= 0.3 is 0 Å². The molecule has 1 aliphatic carbocycles. The first-order valence-electron chi connectivity index (χ1n) is 12.0. The molecule has 0 saturated carbocycles. The molecule has 180 valence electrons. The van der Waals surface area contributed by atoms with Crippen molar-refractivity contribution in [2.75, 3.05) is 27.2 Å². The van der Waals surface area contributed by atoms with Crippen molar-refractivity contribution in [2.45, 2.75) is 45.7 Å². The molecule has 1 amide bonds. The zero-order valence-electron chi connectivity index (χ0n) is 20.3. The van der Waals surface area contributed by atoms with E-state index in [4.69, 9.17) is 0 Å². The monoisotopic (exact) mass is 465 g/mol. The molecule has 4 nitrogen and oxygen atoms in total. The molecular weight excluding hydrogens is 432 g/mol. The van der Waals surface area contributed by atoms with Gasteiger partial charge in [-0.1, -0.05) is 36.4 Å². The van der Waals surface area contributed by atoms with E-state index < -0.39 is 11.6 Å². The quantitative estimate of drug-likeness (QED) is 0.457. The van der Waals surface area contributed by atoms with Crippen molar-refractivity contribution >= 4 is 5.91 Å². The number of likely N-dealkylation sites (N-methyl/N-ethyl adjacent to an activating group) is 1. The van der Waals surface area contributed by atoms with Crippen molar-refractivity contribution in [2.24, 2.45) is 0 Å². The Morgan fingerprint density at radius 2 is 1.62 bits per heavy atom. The first-order chi connectivity index (χ1) is 16.4. The summed E-state index contributed by atoms with van der Waals surface area (Å²) in [7, 11) is 3.97. The van der Waals surface area contributed by atoms with Crippen LogP contribution in [0.4, 0.5) is 8.78 Å². The Hall–Kier alpha value is -2.99. The van der Waals surface area contributed by atoms with E-state index in [0.717, 1.165) is 49.0 Å². The van der Waals surface area contributed by atoms with E-state index in [1.807, 2.05) is 60.8 Å². The van der Waals surface area contributed by atoms with E-state index in [9.17, 15) is 13.6 Å². The molecule has 0 radical (unpaired) electrons. The second-order valence-corrected chi connectivity index (χ2v) is 9.41. The number of fused-ring (bicyclic) bond motifs is 1. The third kappa shape index (κ3) is 5.07. The summed E-state index contributed by atoms with van der Waals surface area (Å²) in [5.41, 5.74) is 4.77. The number of aromatic nitrogens is 1. The lowest BCUT2D eigenvalue weighted by molar-refractivity contribution is 0.0720. The second-order valence-electron chi connectivity index (χ2n) is 9.41. The van der Waals surface area contributed by atoms with E-state index in [1.165, 1.54) is 23.8 Å². The molecule has 1 heterocycles. The van der Waals surface area contributed by atoms with Crippen molar-refractivity contribution in [1.82, 2.24) is 14.4 Å². The van der Waals surface area contributed by atoms with Crippen molar-refractivity contribution in [1.29, 1.82) is 0 Å². The largest absolute Gasteiger partial charge is 0.335 e. The topological polar surface area (TPSA) is 28.5 Å². The highest BCUT2D eigenvalue weighted by Gasteiger charge is 2.30. The summed E-state index contributed by atoms with van der Waals surface area (Å²) in [6, 6.07) is 13.9. The molecule has 1 aromatic heterocycles. The molecule has 0 bridgehead atoms. The average Bonchev–Trinajstić information content (AvgIpc) is 3.11. The maximum absolute atomic E-state index is 14.6. The van der Waals surface area contributed by atoms with Crippen LogP contribution >= 0.6 is 0 Å². The highest BCUT2D eigenvalue weighted by atomic mass is 19.1. The Morgan fingerprint density at radius 3 is 2.29 bits per heavy atom. The first-order valence-corrected chi connectivity index (χ1v) is 12.0. The van der Waals surface area contributed by atoms with Crippen LogP contribution in [0.25, 0.3) is 0 Å². The molecule has 34 heavy (non-hydrogen) atoms. The van der Waals surface area contributed by atoms with Gasteiger partial charge in [-0.15, -0.1) is 0 Å². The van der Waals surface area contributed by atoms with Gasteiger partial charge in [-0.2, -0.15) is 0 Å². The fraction of sp³-hybridized carbons (Fsp3) is 0.393. The molecule has 0 unspecified atom stereocenters. The summed E-state index contributed by atoms with van der Waals surface area (Å²) in [4.78, 5) is 18.0. The molecule has 0 spiro atoms. The van der Waals surface area contributed by atoms with Crippen LogP contribution in [0, 0.1) is 18.6 Å². The highest BCUT2D eigenvalue weighted by Crippen LogP contribution is 2.32. The number of nitrogens with zero attached hydrogens (tertiary/aromatic N) is 3. The lowest BCUT2D eigenvalue weighted by atomic mass is 9.95. The van der Waals surface area contributed by atoms with Gasteiger partial charge in [-0.25, -0.2) is 8.78 Å². The van der Waals surface area contributed by atoms with Gasteiger partial charge in [-0.05, 0) is 75.5 Å². The van der Waals surface area contributed by atoms with Crippen molar-refractivity contribution in [3.63, 3.8) is 0 Å². The molecule has 2 aromatic carbocycles. The SMILES string of the molecule is Cc1c2c(n(Cc3c(F)cccc3F)c1C(=O)N(CCN(C)C)Cc1ccccc1)CCCC2. The number of amides is 1. The van der Waals surface area contributed by atoms with Crippen molar-refractivity contribution < 1.29 is 13.6 Å². The number of hydrogen-bond donors (Lipinski definition) is 0. The van der Waals surface area contributed by atoms with Gasteiger partial charge in [0.15, 0.2) is 0 Å². The standard InChI is InChI=1S/C28H33F2N3O/c1-20-22-12-7-8-15-26(22)33(19-23-24(29)13-9-14-25(23)30)27(20)28(34)32(17-16-31(2)3)18-21-10-5-4-6-11-21/h4-6,9-11,13-14H,7-8,12,15-19H2,1-3H3. The minimum Gasteiger partial charge on any atom is -0.335 e. The van der Waals surface area contributed by atoms with Gasteiger partial charge in [0.05, 0.1) is 6.54 Å². The molecule has 6 heteroatoms. The zero-order chi connectivity index (χ0) is 24.2. The molecule has 0 N–H and O–H groups in total. The van der Waals surface area contributed by atoms with E-state index in [1.54, 1.807) is 0 Å². The summed E-state index contributed by atoms with van der Waals surface area (Å²) in [6.45, 7) is 3.77. The summed E-state index contributed by atoms with van der Waals surface area (Å²) in [5.74, 6) is -1.25. The molecule has 3 aromatic rings. The van der Waals surface area contributed by atoms with Crippen LogP contribution in [0.3, 0.4) is 0 Å². The minimum absolute atomic E-state index is 0.00262. The number of hydrogen-bond acceptors (Lipinski definition) is 2. The Morgan fingerprint density at radius 1 is 0.941 bits per heavy atom. The predicted molar refractivity (Wildman–Crippen MR) is 131 cm³/mol. The molecule has 0 aliphatic heterocycles. The summed E-state index contributed by atoms with van der Waals surface area (Å²) >= 11 is 0. The summed E-state index contributed by atoms with van der Waals surface area (Å²) in [5, 5.41) is 0. The van der Waals surface area contributed by atoms with Gasteiger partial charge in [0.2, 0.25) is 0 Å². The maximum atomic E-state index is 14.6. The maximum Gasteiger partial charge on any atom is 0.271 e. The van der Waals surface area contributed by atoms with Gasteiger partial charge in [-0.3, -0.25) is 4.79 Å². The number of carbonyl (C=O) groups excluding carboxylic acids is 1. The highest BCUT2D eigenvalue weighted by molar-refractivity contribution is 5.95. The van der Waals surface area contributed by atoms with E-state index in [-0.39, 0.29) is 18.0 Å². The smallest absolute Gasteiger partial charge is 0.271 e. The number of rotatable bonds is 8. The lowest BCUT2D eigenvalue weighted by Crippen LogP contribution is -2.37. The van der Waals surface area contributed by atoms with Crippen LogP contribution in [-0.2, 0) is 25.9 Å². The molecular formula is C28H33F2N3O. The average molecular weight is 466 g/mol. The van der Waals surface area contributed by atoms with Gasteiger partial charge in [0.25, 0.3) is 5.91 Å². The van der Waals surface area contributed by atoms with Crippen LogP contribution in [0.1, 0.15) is 51.3 Å². The number of benzene rings is 2. The predicted octanol–water partition coefficient (Wildman–Crippen LogP) is 5.21. The van der Waals surface area contributed by atoms with Crippen LogP contribution in [0.5, 0.6) is 0 Å². The van der Waals surface area contributed by atoms with Crippen LogP contribution < -0.4 is 0 Å². The van der Waals surface area contributed by atoms with Gasteiger partial charge in [0.1, 0.15) is 17.3 Å². The number of halogens is 2. The first kappa shape index (κ1) is 24.1. The Kier molecular flexibility index (Phi) is 7.47. The molecule has 4 rings (SSSR count). The Balaban J connectivity index is 1.77. The summed E-state index contributed by atoms with van der Waals surface area (Å²) < 4.78 is 31.1. The number of carbonyl (C=O) groups is 1. The van der Waals surface area contributed by atoms with E-state index in [2.05, 4.69) is 4.90 Å². The van der Waals surface area contributed by atoms with E-state index >= 15 is 0 Å². The third-order valence-electron chi connectivity index (χ3n) is 6.74. The Bertz CT molecular complexity index is 1130. The van der Waals surface area contributed by atoms with Gasteiger partial charge in [0, 0.05) is 30.9 Å².